The van der Waals surface area contributed by atoms with Crippen molar-refractivity contribution >= 4 is 17.5 Å². The van der Waals surface area contributed by atoms with Crippen molar-refractivity contribution < 1.29 is 14.3 Å². The van der Waals surface area contributed by atoms with E-state index in [0.29, 0.717) is 12.8 Å². The lowest BCUT2D eigenvalue weighted by Gasteiger charge is -2.28. The molecule has 5 heteroatoms. The number of amides is 2. The van der Waals surface area contributed by atoms with Crippen LogP contribution in [0.3, 0.4) is 0 Å². The number of hydrogen-bond donors (Lipinski definition) is 1. The van der Waals surface area contributed by atoms with E-state index in [1.165, 1.54) is 0 Å². The van der Waals surface area contributed by atoms with E-state index in [0.717, 1.165) is 11.4 Å². The number of hydrogen-bond acceptors (Lipinski definition) is 3. The summed E-state index contributed by atoms with van der Waals surface area (Å²) in [5.74, 6) is 0.597. The SMILES string of the molecule is COc1ccc(N2C(=O)CCC2C(=O)NC(C)(C)C)cc1. The van der Waals surface area contributed by atoms with Crippen LogP contribution in [-0.2, 0) is 9.59 Å². The number of nitrogens with one attached hydrogen (secondary N) is 1. The quantitative estimate of drug-likeness (QED) is 0.927. The normalized spacial score (nSPS) is 18.8. The first kappa shape index (κ1) is 15.4. The van der Waals surface area contributed by atoms with Gasteiger partial charge in [0, 0.05) is 17.6 Å². The highest BCUT2D eigenvalue weighted by Crippen LogP contribution is 2.28. The molecule has 1 unspecified atom stereocenters. The summed E-state index contributed by atoms with van der Waals surface area (Å²) in [6.07, 6.45) is 0.945. The van der Waals surface area contributed by atoms with Gasteiger partial charge < -0.3 is 10.1 Å². The maximum atomic E-state index is 12.4. The van der Waals surface area contributed by atoms with Gasteiger partial charge >= 0.3 is 0 Å². The second kappa shape index (κ2) is 5.76. The first-order valence-corrected chi connectivity index (χ1v) is 7.10. The molecule has 1 aliphatic rings. The highest BCUT2D eigenvalue weighted by atomic mass is 16.5. The number of benzene rings is 1. The predicted octanol–water partition coefficient (Wildman–Crippen LogP) is 2.11. The lowest BCUT2D eigenvalue weighted by molar-refractivity contribution is -0.125. The summed E-state index contributed by atoms with van der Waals surface area (Å²) in [4.78, 5) is 26.1. The van der Waals surface area contributed by atoms with Gasteiger partial charge in [-0.1, -0.05) is 0 Å². The van der Waals surface area contributed by atoms with Crippen LogP contribution in [0.1, 0.15) is 33.6 Å². The molecule has 0 spiro atoms. The fraction of sp³-hybridized carbons (Fsp3) is 0.500. The van der Waals surface area contributed by atoms with Crippen molar-refractivity contribution in [3.8, 4) is 5.75 Å². The molecule has 1 aromatic rings. The second-order valence-electron chi connectivity index (χ2n) is 6.26. The third-order valence-electron chi connectivity index (χ3n) is 3.36. The molecule has 0 aromatic heterocycles. The summed E-state index contributed by atoms with van der Waals surface area (Å²) < 4.78 is 5.12. The average Bonchev–Trinajstić information content (AvgIpc) is 2.79. The number of ether oxygens (including phenoxy) is 1. The van der Waals surface area contributed by atoms with E-state index in [-0.39, 0.29) is 17.4 Å². The first-order chi connectivity index (χ1) is 9.81. The van der Waals surface area contributed by atoms with Gasteiger partial charge in [0.15, 0.2) is 0 Å². The van der Waals surface area contributed by atoms with Gasteiger partial charge in [-0.15, -0.1) is 0 Å². The van der Waals surface area contributed by atoms with Gasteiger partial charge in [-0.05, 0) is 51.5 Å². The lowest BCUT2D eigenvalue weighted by atomic mass is 10.1. The minimum absolute atomic E-state index is 0.0192. The van der Waals surface area contributed by atoms with Crippen molar-refractivity contribution in [3.63, 3.8) is 0 Å². The molecular weight excluding hydrogens is 268 g/mol. The highest BCUT2D eigenvalue weighted by molar-refractivity contribution is 6.03. The molecule has 2 rings (SSSR count). The van der Waals surface area contributed by atoms with Crippen molar-refractivity contribution in [2.45, 2.75) is 45.2 Å². The molecule has 1 N–H and O–H groups in total. The van der Waals surface area contributed by atoms with E-state index in [9.17, 15) is 9.59 Å². The van der Waals surface area contributed by atoms with Crippen molar-refractivity contribution in [2.24, 2.45) is 0 Å². The summed E-state index contributed by atoms with van der Waals surface area (Å²) in [5, 5.41) is 2.95. The molecule has 0 aliphatic carbocycles. The van der Waals surface area contributed by atoms with Crippen LogP contribution in [0, 0.1) is 0 Å². The van der Waals surface area contributed by atoms with E-state index in [1.54, 1.807) is 36.3 Å². The van der Waals surface area contributed by atoms with Gasteiger partial charge in [-0.3, -0.25) is 14.5 Å². The van der Waals surface area contributed by atoms with Crippen LogP contribution in [0.4, 0.5) is 5.69 Å². The molecule has 114 valence electrons. The Morgan fingerprint density at radius 2 is 1.90 bits per heavy atom. The Morgan fingerprint density at radius 1 is 1.29 bits per heavy atom. The number of carbonyl (C=O) groups is 2. The fourth-order valence-electron chi connectivity index (χ4n) is 2.45. The molecule has 5 nitrogen and oxygen atoms in total. The van der Waals surface area contributed by atoms with Crippen LogP contribution < -0.4 is 15.0 Å². The smallest absolute Gasteiger partial charge is 0.243 e. The summed E-state index contributed by atoms with van der Waals surface area (Å²) >= 11 is 0. The van der Waals surface area contributed by atoms with Gasteiger partial charge in [0.1, 0.15) is 11.8 Å². The molecule has 1 saturated heterocycles. The predicted molar refractivity (Wildman–Crippen MR) is 81.4 cm³/mol. The van der Waals surface area contributed by atoms with E-state index in [4.69, 9.17) is 4.74 Å². The Hall–Kier alpha value is -2.04. The van der Waals surface area contributed by atoms with Crippen LogP contribution in [0.15, 0.2) is 24.3 Å². The monoisotopic (exact) mass is 290 g/mol. The molecule has 1 fully saturated rings. The molecular formula is C16H22N2O3. The number of methoxy groups -OCH3 is 1. The summed E-state index contributed by atoms with van der Waals surface area (Å²) in [7, 11) is 1.59. The zero-order valence-corrected chi connectivity index (χ0v) is 13.0. The second-order valence-corrected chi connectivity index (χ2v) is 6.26. The third-order valence-corrected chi connectivity index (χ3v) is 3.36. The maximum absolute atomic E-state index is 12.4. The fourth-order valence-corrected chi connectivity index (χ4v) is 2.45. The Bertz CT molecular complexity index is 531. The number of nitrogens with zero attached hydrogens (tertiary/aromatic N) is 1. The zero-order chi connectivity index (χ0) is 15.6. The molecule has 1 aliphatic heterocycles. The molecule has 0 saturated carbocycles. The topological polar surface area (TPSA) is 58.6 Å². The zero-order valence-electron chi connectivity index (χ0n) is 13.0. The van der Waals surface area contributed by atoms with Crippen LogP contribution in [-0.4, -0.2) is 30.5 Å². The van der Waals surface area contributed by atoms with E-state index >= 15 is 0 Å². The van der Waals surface area contributed by atoms with Crippen LogP contribution in [0.25, 0.3) is 0 Å². The van der Waals surface area contributed by atoms with Crippen molar-refractivity contribution in [1.82, 2.24) is 5.32 Å². The summed E-state index contributed by atoms with van der Waals surface area (Å²) in [6.45, 7) is 5.79. The standard InChI is InChI=1S/C16H22N2O3/c1-16(2,3)17-15(20)13-9-10-14(19)18(13)11-5-7-12(21-4)8-6-11/h5-8,13H,9-10H2,1-4H3,(H,17,20). The molecule has 1 aromatic carbocycles. The summed E-state index contributed by atoms with van der Waals surface area (Å²) in [5.41, 5.74) is 0.418. The van der Waals surface area contributed by atoms with E-state index in [2.05, 4.69) is 5.32 Å². The molecule has 2 amide bonds. The van der Waals surface area contributed by atoms with Gasteiger partial charge in [0.05, 0.1) is 7.11 Å². The minimum atomic E-state index is -0.440. The van der Waals surface area contributed by atoms with Gasteiger partial charge in [-0.2, -0.15) is 0 Å². The van der Waals surface area contributed by atoms with Gasteiger partial charge in [-0.25, -0.2) is 0 Å². The van der Waals surface area contributed by atoms with E-state index in [1.807, 2.05) is 20.8 Å². The summed E-state index contributed by atoms with van der Waals surface area (Å²) in [6, 6.07) is 6.75. The van der Waals surface area contributed by atoms with Crippen LogP contribution in [0.2, 0.25) is 0 Å². The molecule has 0 bridgehead atoms. The largest absolute Gasteiger partial charge is 0.497 e. The Kier molecular flexibility index (Phi) is 4.21. The molecule has 0 radical (unpaired) electrons. The van der Waals surface area contributed by atoms with Crippen molar-refractivity contribution in [3.05, 3.63) is 24.3 Å². The minimum Gasteiger partial charge on any atom is -0.497 e. The maximum Gasteiger partial charge on any atom is 0.243 e. The van der Waals surface area contributed by atoms with Gasteiger partial charge in [0.25, 0.3) is 0 Å². The molecule has 1 atom stereocenters. The molecule has 1 heterocycles. The van der Waals surface area contributed by atoms with Crippen molar-refractivity contribution in [2.75, 3.05) is 12.0 Å². The highest BCUT2D eigenvalue weighted by Gasteiger charge is 2.38. The Balaban J connectivity index is 2.22. The number of rotatable bonds is 3. The first-order valence-electron chi connectivity index (χ1n) is 7.10. The van der Waals surface area contributed by atoms with Crippen LogP contribution >= 0.6 is 0 Å². The number of carbonyl (C=O) groups excluding carboxylic acids is 2. The molecule has 21 heavy (non-hydrogen) atoms. The Morgan fingerprint density at radius 3 is 2.43 bits per heavy atom. The lowest BCUT2D eigenvalue weighted by Crippen LogP contribution is -2.50. The van der Waals surface area contributed by atoms with Gasteiger partial charge in [0.2, 0.25) is 11.8 Å². The third kappa shape index (κ3) is 3.54. The van der Waals surface area contributed by atoms with Crippen LogP contribution in [0.5, 0.6) is 5.75 Å². The number of anilines is 1. The average molecular weight is 290 g/mol. The Labute approximate surface area is 125 Å². The van der Waals surface area contributed by atoms with Crippen molar-refractivity contribution in [1.29, 1.82) is 0 Å². The van der Waals surface area contributed by atoms with E-state index < -0.39 is 6.04 Å².